The minimum Gasteiger partial charge on any atom is -0.395 e. The maximum absolute atomic E-state index is 11.9. The van der Waals surface area contributed by atoms with E-state index in [-0.39, 0.29) is 25.1 Å². The molecule has 0 bridgehead atoms. The second-order valence-electron chi connectivity index (χ2n) is 5.64. The van der Waals surface area contributed by atoms with Gasteiger partial charge in [0.15, 0.2) is 0 Å². The molecule has 2 rings (SSSR count). The van der Waals surface area contributed by atoms with E-state index in [2.05, 4.69) is 12.4 Å². The third-order valence-electron chi connectivity index (χ3n) is 4.03. The van der Waals surface area contributed by atoms with Crippen LogP contribution in [-0.4, -0.2) is 41.7 Å². The van der Waals surface area contributed by atoms with E-state index in [1.807, 2.05) is 35.2 Å². The normalized spacial score (nSPS) is 23.0. The van der Waals surface area contributed by atoms with Gasteiger partial charge in [0.25, 0.3) is 5.91 Å². The molecule has 1 fully saturated rings. The minimum absolute atomic E-state index is 0.0682. The van der Waals surface area contributed by atoms with Gasteiger partial charge < -0.3 is 5.11 Å². The first-order valence-corrected chi connectivity index (χ1v) is 7.50. The number of piperidine rings is 1. The molecule has 1 heterocycles. The van der Waals surface area contributed by atoms with Crippen molar-refractivity contribution in [2.75, 3.05) is 19.7 Å². The van der Waals surface area contributed by atoms with Crippen molar-refractivity contribution in [3.63, 3.8) is 0 Å². The highest BCUT2D eigenvalue weighted by molar-refractivity contribution is 5.77. The average molecular weight is 292 g/mol. The van der Waals surface area contributed by atoms with Gasteiger partial charge in [-0.15, -0.1) is 0 Å². The molecule has 1 saturated heterocycles. The third kappa shape index (κ3) is 4.81. The highest BCUT2D eigenvalue weighted by Crippen LogP contribution is 2.22. The second-order valence-corrected chi connectivity index (χ2v) is 5.64. The number of carbonyl (C=O) groups excluding carboxylic acids is 1. The summed E-state index contributed by atoms with van der Waals surface area (Å²) >= 11 is 0. The number of likely N-dealkylation sites (tertiary alicyclic amines) is 1. The summed E-state index contributed by atoms with van der Waals surface area (Å²) in [5, 5.41) is 9.46. The number of benzene rings is 1. The summed E-state index contributed by atoms with van der Waals surface area (Å²) in [6.07, 6.45) is 2.17. The van der Waals surface area contributed by atoms with Crippen molar-refractivity contribution in [1.82, 2.24) is 10.4 Å². The molecule has 0 aliphatic carbocycles. The molecule has 0 radical (unpaired) electrons. The molecule has 116 valence electrons. The van der Waals surface area contributed by atoms with Crippen molar-refractivity contribution in [3.8, 4) is 0 Å². The van der Waals surface area contributed by atoms with E-state index in [0.29, 0.717) is 12.5 Å². The Balaban J connectivity index is 1.73. The second kappa shape index (κ2) is 8.12. The van der Waals surface area contributed by atoms with Crippen LogP contribution < -0.4 is 5.48 Å². The van der Waals surface area contributed by atoms with Gasteiger partial charge in [0.05, 0.1) is 19.8 Å². The first kappa shape index (κ1) is 15.9. The quantitative estimate of drug-likeness (QED) is 0.777. The number of hydroxylamine groups is 1. The van der Waals surface area contributed by atoms with Crippen molar-refractivity contribution in [1.29, 1.82) is 0 Å². The van der Waals surface area contributed by atoms with Crippen LogP contribution >= 0.6 is 0 Å². The summed E-state index contributed by atoms with van der Waals surface area (Å²) in [6, 6.07) is 9.76. The Morgan fingerprint density at radius 3 is 2.90 bits per heavy atom. The lowest BCUT2D eigenvalue weighted by Crippen LogP contribution is -2.50. The van der Waals surface area contributed by atoms with Gasteiger partial charge in [-0.25, -0.2) is 5.48 Å². The molecule has 1 amide bonds. The van der Waals surface area contributed by atoms with E-state index in [1.165, 1.54) is 0 Å². The number of carbonyl (C=O) groups is 1. The van der Waals surface area contributed by atoms with Crippen molar-refractivity contribution < 1.29 is 14.7 Å². The maximum atomic E-state index is 11.9. The highest BCUT2D eigenvalue weighted by atomic mass is 16.6. The molecule has 1 aliphatic heterocycles. The molecule has 1 aromatic rings. The van der Waals surface area contributed by atoms with Gasteiger partial charge in [0.1, 0.15) is 0 Å². The van der Waals surface area contributed by atoms with Gasteiger partial charge in [-0.3, -0.25) is 14.5 Å². The van der Waals surface area contributed by atoms with Crippen molar-refractivity contribution in [2.45, 2.75) is 32.4 Å². The number of aliphatic hydroxyl groups excluding tert-OH is 1. The summed E-state index contributed by atoms with van der Waals surface area (Å²) in [5.74, 6) is 0.250. The molecule has 0 saturated carbocycles. The molecule has 2 unspecified atom stereocenters. The van der Waals surface area contributed by atoms with E-state index in [9.17, 15) is 9.90 Å². The minimum atomic E-state index is -0.168. The first-order valence-electron chi connectivity index (χ1n) is 7.50. The van der Waals surface area contributed by atoms with E-state index in [0.717, 1.165) is 24.9 Å². The third-order valence-corrected chi connectivity index (χ3v) is 4.03. The lowest BCUT2D eigenvalue weighted by molar-refractivity contribution is -0.137. The van der Waals surface area contributed by atoms with Gasteiger partial charge >= 0.3 is 0 Å². The average Bonchev–Trinajstić information content (AvgIpc) is 2.48. The zero-order valence-electron chi connectivity index (χ0n) is 12.5. The first-order chi connectivity index (χ1) is 10.2. The molecule has 21 heavy (non-hydrogen) atoms. The van der Waals surface area contributed by atoms with Crippen LogP contribution in [-0.2, 0) is 16.2 Å². The van der Waals surface area contributed by atoms with Crippen LogP contribution in [0.15, 0.2) is 30.3 Å². The fourth-order valence-corrected chi connectivity index (χ4v) is 2.82. The maximum Gasteiger partial charge on any atom is 0.257 e. The lowest BCUT2D eigenvalue weighted by atomic mass is 9.91. The van der Waals surface area contributed by atoms with Crippen LogP contribution in [0.3, 0.4) is 0 Å². The summed E-state index contributed by atoms with van der Waals surface area (Å²) in [7, 11) is 0. The molecule has 0 spiro atoms. The van der Waals surface area contributed by atoms with Gasteiger partial charge in [-0.1, -0.05) is 37.3 Å². The number of nitrogens with one attached hydrogen (secondary N) is 1. The number of amides is 1. The molecule has 1 aliphatic rings. The molecule has 5 heteroatoms. The Bertz CT molecular complexity index is 438. The molecule has 1 aromatic carbocycles. The largest absolute Gasteiger partial charge is 0.395 e. The SMILES string of the molecule is CC1CCCN(CC(=O)NOCc2ccccc2)C1CO. The predicted molar refractivity (Wildman–Crippen MR) is 80.2 cm³/mol. The number of rotatable bonds is 6. The predicted octanol–water partition coefficient (Wildman–Crippen LogP) is 1.33. The molecule has 2 N–H and O–H groups in total. The topological polar surface area (TPSA) is 61.8 Å². The van der Waals surface area contributed by atoms with Crippen LogP contribution in [0.2, 0.25) is 0 Å². The van der Waals surface area contributed by atoms with Crippen LogP contribution in [0.5, 0.6) is 0 Å². The number of nitrogens with zero attached hydrogens (tertiary/aromatic N) is 1. The molecule has 2 atom stereocenters. The van der Waals surface area contributed by atoms with Crippen LogP contribution in [0.1, 0.15) is 25.3 Å². The van der Waals surface area contributed by atoms with Crippen molar-refractivity contribution >= 4 is 5.91 Å². The van der Waals surface area contributed by atoms with E-state index >= 15 is 0 Å². The summed E-state index contributed by atoms with van der Waals surface area (Å²) < 4.78 is 0. The summed E-state index contributed by atoms with van der Waals surface area (Å²) in [4.78, 5) is 19.2. The Kier molecular flexibility index (Phi) is 6.17. The fraction of sp³-hybridized carbons (Fsp3) is 0.562. The summed E-state index contributed by atoms with van der Waals surface area (Å²) in [6.45, 7) is 3.69. The Labute approximate surface area is 125 Å². The Morgan fingerprint density at radius 1 is 1.43 bits per heavy atom. The number of hydrogen-bond acceptors (Lipinski definition) is 4. The van der Waals surface area contributed by atoms with Crippen molar-refractivity contribution in [3.05, 3.63) is 35.9 Å². The van der Waals surface area contributed by atoms with Gasteiger partial charge in [0.2, 0.25) is 0 Å². The lowest BCUT2D eigenvalue weighted by Gasteiger charge is -2.38. The summed E-state index contributed by atoms with van der Waals surface area (Å²) in [5.41, 5.74) is 3.49. The fourth-order valence-electron chi connectivity index (χ4n) is 2.82. The number of aliphatic hydroxyl groups is 1. The van der Waals surface area contributed by atoms with Crippen LogP contribution in [0.25, 0.3) is 0 Å². The highest BCUT2D eigenvalue weighted by Gasteiger charge is 2.29. The van der Waals surface area contributed by atoms with Gasteiger partial charge in [-0.2, -0.15) is 0 Å². The van der Waals surface area contributed by atoms with Gasteiger partial charge in [-0.05, 0) is 30.9 Å². The zero-order valence-corrected chi connectivity index (χ0v) is 12.5. The van der Waals surface area contributed by atoms with Crippen LogP contribution in [0, 0.1) is 5.92 Å². The molecular weight excluding hydrogens is 268 g/mol. The molecule has 5 nitrogen and oxygen atoms in total. The van der Waals surface area contributed by atoms with E-state index in [4.69, 9.17) is 4.84 Å². The number of hydrogen-bond donors (Lipinski definition) is 2. The smallest absolute Gasteiger partial charge is 0.257 e. The van der Waals surface area contributed by atoms with E-state index in [1.54, 1.807) is 0 Å². The molecule has 0 aromatic heterocycles. The monoisotopic (exact) mass is 292 g/mol. The molecular formula is C16H24N2O3. The Morgan fingerprint density at radius 2 is 2.19 bits per heavy atom. The van der Waals surface area contributed by atoms with Crippen LogP contribution in [0.4, 0.5) is 0 Å². The standard InChI is InChI=1S/C16H24N2O3/c1-13-6-5-9-18(15(13)11-19)10-16(20)17-21-12-14-7-3-2-4-8-14/h2-4,7-8,13,15,19H,5-6,9-12H2,1H3,(H,17,20). The van der Waals surface area contributed by atoms with Crippen molar-refractivity contribution in [2.24, 2.45) is 5.92 Å². The van der Waals surface area contributed by atoms with E-state index < -0.39 is 0 Å². The zero-order chi connectivity index (χ0) is 15.1. The van der Waals surface area contributed by atoms with Gasteiger partial charge in [0, 0.05) is 6.04 Å². The Hall–Kier alpha value is -1.43.